The van der Waals surface area contributed by atoms with Crippen LogP contribution in [0.2, 0.25) is 0 Å². The number of hydrogen-bond donors (Lipinski definition) is 2. The van der Waals surface area contributed by atoms with Gasteiger partial charge >= 0.3 is 0 Å². The number of rotatable bonds is 3. The number of sulfonamides is 1. The lowest BCUT2D eigenvalue weighted by atomic mass is 10.2. The van der Waals surface area contributed by atoms with Crippen molar-refractivity contribution in [3.05, 3.63) is 41.3 Å². The zero-order valence-electron chi connectivity index (χ0n) is 9.75. The molecular formula is C11H6FN5O2S. The average molecular weight is 291 g/mol. The molecule has 0 amide bonds. The number of anilines is 1. The molecular weight excluding hydrogens is 285 g/mol. The van der Waals surface area contributed by atoms with Gasteiger partial charge in [0, 0.05) is 0 Å². The third-order valence-electron chi connectivity index (χ3n) is 2.36. The molecule has 0 atom stereocenters. The molecule has 2 rings (SSSR count). The van der Waals surface area contributed by atoms with Gasteiger partial charge in [0.1, 0.15) is 23.5 Å². The van der Waals surface area contributed by atoms with E-state index in [1.54, 1.807) is 12.1 Å². The molecule has 0 spiro atoms. The maximum absolute atomic E-state index is 13.2. The van der Waals surface area contributed by atoms with Gasteiger partial charge in [-0.05, 0) is 18.2 Å². The van der Waals surface area contributed by atoms with E-state index in [9.17, 15) is 12.8 Å². The summed E-state index contributed by atoms with van der Waals surface area (Å²) in [5.74, 6) is -0.916. The molecule has 0 aliphatic rings. The van der Waals surface area contributed by atoms with Crippen molar-refractivity contribution in [3.8, 4) is 12.1 Å². The summed E-state index contributed by atoms with van der Waals surface area (Å²) in [5, 5.41) is 23.3. The first-order valence-corrected chi connectivity index (χ1v) is 6.62. The third-order valence-corrected chi connectivity index (χ3v) is 3.71. The van der Waals surface area contributed by atoms with Crippen molar-refractivity contribution in [2.24, 2.45) is 0 Å². The molecule has 7 nitrogen and oxygen atoms in total. The van der Waals surface area contributed by atoms with Crippen molar-refractivity contribution in [1.29, 1.82) is 10.5 Å². The molecule has 2 N–H and O–H groups in total. The Morgan fingerprint density at radius 1 is 1.25 bits per heavy atom. The molecule has 0 radical (unpaired) electrons. The summed E-state index contributed by atoms with van der Waals surface area (Å²) >= 11 is 0. The van der Waals surface area contributed by atoms with Crippen LogP contribution in [0.25, 0.3) is 0 Å². The maximum Gasteiger partial charge on any atom is 0.263 e. The van der Waals surface area contributed by atoms with Crippen LogP contribution in [0.3, 0.4) is 0 Å². The molecule has 2 aromatic rings. The van der Waals surface area contributed by atoms with Crippen LogP contribution >= 0.6 is 0 Å². The van der Waals surface area contributed by atoms with Crippen molar-refractivity contribution in [3.63, 3.8) is 0 Å². The van der Waals surface area contributed by atoms with Crippen molar-refractivity contribution in [2.75, 3.05) is 4.72 Å². The highest BCUT2D eigenvalue weighted by Gasteiger charge is 2.19. The number of hydrogen-bond acceptors (Lipinski definition) is 5. The summed E-state index contributed by atoms with van der Waals surface area (Å²) in [7, 11) is -4.06. The zero-order valence-corrected chi connectivity index (χ0v) is 10.6. The third kappa shape index (κ3) is 2.43. The minimum absolute atomic E-state index is 0.0104. The fourth-order valence-corrected chi connectivity index (χ4v) is 2.46. The summed E-state index contributed by atoms with van der Waals surface area (Å²) in [6.45, 7) is 0. The number of aromatic nitrogens is 2. The van der Waals surface area contributed by atoms with Gasteiger partial charge in [-0.2, -0.15) is 15.6 Å². The summed E-state index contributed by atoms with van der Waals surface area (Å²) in [6.07, 6.45) is 1.16. The molecule has 1 aromatic carbocycles. The lowest BCUT2D eigenvalue weighted by Gasteiger charge is -2.06. The maximum atomic E-state index is 13.2. The fourth-order valence-electron chi connectivity index (χ4n) is 1.40. The Kier molecular flexibility index (Phi) is 3.37. The largest absolute Gasteiger partial charge is 0.263 e. The molecule has 0 unspecified atom stereocenters. The molecule has 1 heterocycles. The normalized spacial score (nSPS) is 10.6. The fraction of sp³-hybridized carbons (Fsp3) is 0. The quantitative estimate of drug-likeness (QED) is 0.876. The van der Waals surface area contributed by atoms with Crippen LogP contribution in [0.4, 0.5) is 10.2 Å². The van der Waals surface area contributed by atoms with E-state index in [1.807, 2.05) is 0 Å². The topological polar surface area (TPSA) is 122 Å². The molecule has 1 aromatic heterocycles. The van der Waals surface area contributed by atoms with E-state index < -0.39 is 21.4 Å². The van der Waals surface area contributed by atoms with Gasteiger partial charge in [-0.3, -0.25) is 9.82 Å². The van der Waals surface area contributed by atoms with Crippen molar-refractivity contribution in [1.82, 2.24) is 10.2 Å². The van der Waals surface area contributed by atoms with Crippen molar-refractivity contribution >= 4 is 15.8 Å². The van der Waals surface area contributed by atoms with E-state index in [-0.39, 0.29) is 16.3 Å². The highest BCUT2D eigenvalue weighted by molar-refractivity contribution is 7.92. The Morgan fingerprint density at radius 2 is 1.95 bits per heavy atom. The highest BCUT2D eigenvalue weighted by Crippen LogP contribution is 2.19. The number of nitriles is 2. The minimum atomic E-state index is -4.06. The van der Waals surface area contributed by atoms with Gasteiger partial charge in [-0.15, -0.1) is 0 Å². The zero-order chi connectivity index (χ0) is 14.8. The summed E-state index contributed by atoms with van der Waals surface area (Å²) in [6, 6.07) is 6.10. The van der Waals surface area contributed by atoms with E-state index in [4.69, 9.17) is 10.5 Å². The lowest BCUT2D eigenvalue weighted by molar-refractivity contribution is 0.599. The van der Waals surface area contributed by atoms with E-state index in [2.05, 4.69) is 14.9 Å². The molecule has 0 aliphatic carbocycles. The number of halogens is 1. The smallest absolute Gasteiger partial charge is 0.263 e. The Labute approximate surface area is 113 Å². The predicted octanol–water partition coefficient (Wildman–Crippen LogP) is 1.09. The van der Waals surface area contributed by atoms with Gasteiger partial charge in [0.2, 0.25) is 0 Å². The van der Waals surface area contributed by atoms with Crippen LogP contribution in [0, 0.1) is 28.5 Å². The van der Waals surface area contributed by atoms with E-state index in [0.29, 0.717) is 0 Å². The van der Waals surface area contributed by atoms with Gasteiger partial charge in [0.15, 0.2) is 5.82 Å². The molecule has 20 heavy (non-hydrogen) atoms. The second-order valence-corrected chi connectivity index (χ2v) is 5.31. The molecule has 0 saturated heterocycles. The van der Waals surface area contributed by atoms with Crippen molar-refractivity contribution < 1.29 is 12.8 Å². The molecule has 0 bridgehead atoms. The molecule has 9 heteroatoms. The van der Waals surface area contributed by atoms with Gasteiger partial charge in [-0.1, -0.05) is 0 Å². The van der Waals surface area contributed by atoms with Crippen LogP contribution in [0.5, 0.6) is 0 Å². The summed E-state index contributed by atoms with van der Waals surface area (Å²) < 4.78 is 39.4. The second kappa shape index (κ2) is 4.99. The lowest BCUT2D eigenvalue weighted by Crippen LogP contribution is -2.14. The van der Waals surface area contributed by atoms with E-state index in [1.165, 1.54) is 0 Å². The minimum Gasteiger partial charge on any atom is -0.263 e. The Bertz CT molecular complexity index is 844. The van der Waals surface area contributed by atoms with Gasteiger partial charge in [-0.25, -0.2) is 12.8 Å². The highest BCUT2D eigenvalue weighted by atomic mass is 32.2. The number of nitrogens with zero attached hydrogens (tertiary/aromatic N) is 3. The second-order valence-electron chi connectivity index (χ2n) is 3.63. The van der Waals surface area contributed by atoms with Crippen molar-refractivity contribution in [2.45, 2.75) is 4.90 Å². The summed E-state index contributed by atoms with van der Waals surface area (Å²) in [4.78, 5) is -0.297. The Balaban J connectivity index is 2.42. The van der Waals surface area contributed by atoms with Crippen LogP contribution in [0.1, 0.15) is 11.1 Å². The predicted molar refractivity (Wildman–Crippen MR) is 65.2 cm³/mol. The van der Waals surface area contributed by atoms with Crippen LogP contribution in [0.15, 0.2) is 29.3 Å². The Morgan fingerprint density at radius 3 is 2.60 bits per heavy atom. The molecule has 0 saturated carbocycles. The van der Waals surface area contributed by atoms with Gasteiger partial charge in [0.05, 0.1) is 16.7 Å². The first-order chi connectivity index (χ1) is 9.47. The first-order valence-electron chi connectivity index (χ1n) is 5.14. The molecule has 0 aliphatic heterocycles. The molecule has 0 fully saturated rings. The van der Waals surface area contributed by atoms with Gasteiger partial charge < -0.3 is 0 Å². The number of H-pyrrole nitrogens is 1. The number of benzene rings is 1. The standard InChI is InChI=1S/C11H6FN5O2S/c12-10-2-1-9(3-7(10)4-13)20(18,19)17-11-8(5-14)6-15-16-11/h1-3,6H,(H2,15,16,17). The monoisotopic (exact) mass is 291 g/mol. The number of nitrogens with one attached hydrogen (secondary N) is 2. The molecule has 100 valence electrons. The van der Waals surface area contributed by atoms with Crippen LogP contribution in [-0.2, 0) is 10.0 Å². The van der Waals surface area contributed by atoms with Crippen LogP contribution in [-0.4, -0.2) is 18.6 Å². The van der Waals surface area contributed by atoms with Gasteiger partial charge in [0.25, 0.3) is 10.0 Å². The van der Waals surface area contributed by atoms with E-state index >= 15 is 0 Å². The van der Waals surface area contributed by atoms with E-state index in [0.717, 1.165) is 24.4 Å². The number of aromatic amines is 1. The summed E-state index contributed by atoms with van der Waals surface area (Å²) in [5.41, 5.74) is -0.380. The Hall–Kier alpha value is -2.91. The first kappa shape index (κ1) is 13.5. The average Bonchev–Trinajstić information content (AvgIpc) is 2.85. The SMILES string of the molecule is N#Cc1cc(S(=O)(=O)Nc2[nH]ncc2C#N)ccc1F. The van der Waals surface area contributed by atoms with Crippen LogP contribution < -0.4 is 4.72 Å².